The van der Waals surface area contributed by atoms with E-state index in [4.69, 9.17) is 11.6 Å². The molecule has 0 radical (unpaired) electrons. The first-order valence-corrected chi connectivity index (χ1v) is 8.76. The zero-order valence-electron chi connectivity index (χ0n) is 14.2. The maximum absolute atomic E-state index is 6.33. The van der Waals surface area contributed by atoms with Gasteiger partial charge in [-0.05, 0) is 19.8 Å². The Hall–Kier alpha value is -2.32. The van der Waals surface area contributed by atoms with E-state index in [1.807, 2.05) is 13.2 Å². The second-order valence-corrected chi connectivity index (χ2v) is 6.92. The lowest BCUT2D eigenvalue weighted by molar-refractivity contribution is 0.398. The van der Waals surface area contributed by atoms with E-state index in [1.165, 1.54) is 0 Å². The molecule has 132 valence electrons. The van der Waals surface area contributed by atoms with Gasteiger partial charge in [-0.3, -0.25) is 4.68 Å². The van der Waals surface area contributed by atoms with E-state index < -0.39 is 0 Å². The second kappa shape index (κ2) is 6.53. The van der Waals surface area contributed by atoms with E-state index in [0.29, 0.717) is 28.7 Å². The van der Waals surface area contributed by atoms with Gasteiger partial charge in [0.2, 0.25) is 5.95 Å². The van der Waals surface area contributed by atoms with Gasteiger partial charge in [0.25, 0.3) is 0 Å². The van der Waals surface area contributed by atoms with Crippen LogP contribution in [0.3, 0.4) is 0 Å². The predicted octanol–water partition coefficient (Wildman–Crippen LogP) is 2.64. The first-order chi connectivity index (χ1) is 12.1. The van der Waals surface area contributed by atoms with E-state index in [0.717, 1.165) is 36.3 Å². The summed E-state index contributed by atoms with van der Waals surface area (Å²) in [5.41, 5.74) is 1.53. The fourth-order valence-corrected chi connectivity index (χ4v) is 3.32. The number of H-pyrrole nitrogens is 1. The third-order valence-corrected chi connectivity index (χ3v) is 4.74. The van der Waals surface area contributed by atoms with Crippen LogP contribution in [0.1, 0.15) is 19.8 Å². The average molecular weight is 361 g/mol. The molecular formula is C16H21ClN8. The van der Waals surface area contributed by atoms with Gasteiger partial charge in [-0.25, -0.2) is 0 Å². The lowest BCUT2D eigenvalue weighted by Crippen LogP contribution is -2.43. The van der Waals surface area contributed by atoms with Crippen LogP contribution in [0.4, 0.5) is 17.5 Å². The zero-order valence-corrected chi connectivity index (χ0v) is 14.9. The molecule has 0 unspecified atom stereocenters. The summed E-state index contributed by atoms with van der Waals surface area (Å²) in [5.74, 6) is 1.24. The molecule has 3 aromatic rings. The predicted molar refractivity (Wildman–Crippen MR) is 99.5 cm³/mol. The van der Waals surface area contributed by atoms with Crippen LogP contribution in [0, 0.1) is 0 Å². The number of hydrogen-bond acceptors (Lipinski definition) is 6. The molecule has 1 saturated heterocycles. The molecule has 3 aromatic heterocycles. The Morgan fingerprint density at radius 3 is 2.92 bits per heavy atom. The van der Waals surface area contributed by atoms with Gasteiger partial charge in [0.05, 0.1) is 22.3 Å². The maximum atomic E-state index is 6.33. The quantitative estimate of drug-likeness (QED) is 0.571. The van der Waals surface area contributed by atoms with Crippen molar-refractivity contribution < 1.29 is 0 Å². The van der Waals surface area contributed by atoms with Crippen LogP contribution < -0.4 is 16.0 Å². The molecule has 0 saturated carbocycles. The van der Waals surface area contributed by atoms with Gasteiger partial charge in [0, 0.05) is 38.1 Å². The third kappa shape index (κ3) is 3.40. The number of piperidine rings is 1. The van der Waals surface area contributed by atoms with Crippen LogP contribution in [0.5, 0.6) is 0 Å². The first kappa shape index (κ1) is 16.2. The molecule has 4 N–H and O–H groups in total. The molecule has 4 heterocycles. The topological polar surface area (TPSA) is 95.5 Å². The molecule has 9 heteroatoms. The smallest absolute Gasteiger partial charge is 0.231 e. The standard InChI is InChI=1S/C16H21ClN8/c1-9-3-4-10(5-18-9)21-15-13-12(17)7-19-14(13)23-16(24-15)22-11-6-20-25(2)8-11/h6-10,18H,3-5H2,1-2H3,(H3,19,21,22,23,24)/t9-,10+/m0/s1. The number of aryl methyl sites for hydroxylation is 1. The molecule has 1 aliphatic rings. The van der Waals surface area contributed by atoms with E-state index >= 15 is 0 Å². The van der Waals surface area contributed by atoms with Crippen molar-refractivity contribution in [2.45, 2.75) is 31.8 Å². The number of aromatic amines is 1. The van der Waals surface area contributed by atoms with Crippen molar-refractivity contribution in [2.24, 2.45) is 7.05 Å². The number of halogens is 1. The summed E-state index contributed by atoms with van der Waals surface area (Å²) in [4.78, 5) is 12.3. The number of rotatable bonds is 4. The second-order valence-electron chi connectivity index (χ2n) is 6.51. The molecule has 0 aliphatic carbocycles. The summed E-state index contributed by atoms with van der Waals surface area (Å²) in [6.45, 7) is 3.11. The fourth-order valence-electron chi connectivity index (χ4n) is 3.09. The third-order valence-electron chi connectivity index (χ3n) is 4.45. The molecule has 4 rings (SSSR count). The van der Waals surface area contributed by atoms with Crippen molar-refractivity contribution in [1.29, 1.82) is 0 Å². The van der Waals surface area contributed by atoms with Crippen LogP contribution in [-0.4, -0.2) is 43.4 Å². The minimum absolute atomic E-state index is 0.312. The van der Waals surface area contributed by atoms with Crippen molar-refractivity contribution >= 4 is 40.1 Å². The van der Waals surface area contributed by atoms with Crippen molar-refractivity contribution in [1.82, 2.24) is 30.0 Å². The minimum atomic E-state index is 0.312. The van der Waals surface area contributed by atoms with Gasteiger partial charge in [0.15, 0.2) is 0 Å². The molecule has 0 aromatic carbocycles. The lowest BCUT2D eigenvalue weighted by Gasteiger charge is -2.28. The number of anilines is 3. The van der Waals surface area contributed by atoms with E-state index in [2.05, 4.69) is 42.9 Å². The van der Waals surface area contributed by atoms with Crippen LogP contribution in [0.2, 0.25) is 5.02 Å². The van der Waals surface area contributed by atoms with Crippen molar-refractivity contribution in [2.75, 3.05) is 17.2 Å². The average Bonchev–Trinajstić information content (AvgIpc) is 3.16. The highest BCUT2D eigenvalue weighted by atomic mass is 35.5. The van der Waals surface area contributed by atoms with Gasteiger partial charge in [0.1, 0.15) is 11.5 Å². The molecule has 0 spiro atoms. The number of hydrogen-bond donors (Lipinski definition) is 4. The van der Waals surface area contributed by atoms with Crippen LogP contribution in [0.25, 0.3) is 11.0 Å². The molecular weight excluding hydrogens is 340 g/mol. The summed E-state index contributed by atoms with van der Waals surface area (Å²) in [6.07, 6.45) is 7.56. The molecule has 0 amide bonds. The Labute approximate surface area is 150 Å². The molecule has 25 heavy (non-hydrogen) atoms. The number of fused-ring (bicyclic) bond motifs is 1. The SMILES string of the molecule is C[C@H]1CC[C@@H](Nc2nc(Nc3cnn(C)c3)nc3[nH]cc(Cl)c23)CN1. The van der Waals surface area contributed by atoms with Gasteiger partial charge < -0.3 is 20.9 Å². The van der Waals surface area contributed by atoms with Gasteiger partial charge >= 0.3 is 0 Å². The Kier molecular flexibility index (Phi) is 4.22. The Bertz CT molecular complexity index is 878. The van der Waals surface area contributed by atoms with E-state index in [9.17, 15) is 0 Å². The molecule has 1 aliphatic heterocycles. The highest BCUT2D eigenvalue weighted by Crippen LogP contribution is 2.30. The number of aromatic nitrogens is 5. The molecule has 2 atom stereocenters. The van der Waals surface area contributed by atoms with Crippen molar-refractivity contribution in [3.63, 3.8) is 0 Å². The van der Waals surface area contributed by atoms with Gasteiger partial charge in [-0.15, -0.1) is 0 Å². The Balaban J connectivity index is 1.64. The van der Waals surface area contributed by atoms with E-state index in [-0.39, 0.29) is 0 Å². The van der Waals surface area contributed by atoms with Crippen LogP contribution in [-0.2, 0) is 7.05 Å². The van der Waals surface area contributed by atoms with E-state index in [1.54, 1.807) is 17.1 Å². The van der Waals surface area contributed by atoms with Gasteiger partial charge in [-0.2, -0.15) is 15.1 Å². The summed E-state index contributed by atoms with van der Waals surface area (Å²) in [7, 11) is 1.87. The molecule has 1 fully saturated rings. The van der Waals surface area contributed by atoms with Crippen molar-refractivity contribution in [3.8, 4) is 0 Å². The normalized spacial score (nSPS) is 20.8. The highest BCUT2D eigenvalue weighted by molar-refractivity contribution is 6.36. The maximum Gasteiger partial charge on any atom is 0.231 e. The molecule has 8 nitrogen and oxygen atoms in total. The fraction of sp³-hybridized carbons (Fsp3) is 0.438. The van der Waals surface area contributed by atoms with Crippen LogP contribution >= 0.6 is 11.6 Å². The monoisotopic (exact) mass is 360 g/mol. The summed E-state index contributed by atoms with van der Waals surface area (Å²) < 4.78 is 1.72. The summed E-state index contributed by atoms with van der Waals surface area (Å²) in [5, 5.41) is 15.8. The van der Waals surface area contributed by atoms with Crippen molar-refractivity contribution in [3.05, 3.63) is 23.6 Å². The summed E-state index contributed by atoms with van der Waals surface area (Å²) in [6, 6.07) is 0.869. The summed E-state index contributed by atoms with van der Waals surface area (Å²) >= 11 is 6.33. The largest absolute Gasteiger partial charge is 0.365 e. The number of nitrogens with zero attached hydrogens (tertiary/aromatic N) is 4. The zero-order chi connectivity index (χ0) is 17.4. The first-order valence-electron chi connectivity index (χ1n) is 8.38. The van der Waals surface area contributed by atoms with Crippen LogP contribution in [0.15, 0.2) is 18.6 Å². The Morgan fingerprint density at radius 1 is 1.32 bits per heavy atom. The number of nitrogens with one attached hydrogen (secondary N) is 4. The van der Waals surface area contributed by atoms with Gasteiger partial charge in [-0.1, -0.05) is 11.6 Å². The lowest BCUT2D eigenvalue weighted by atomic mass is 10.0. The Morgan fingerprint density at radius 2 is 2.20 bits per heavy atom. The molecule has 0 bridgehead atoms. The highest BCUT2D eigenvalue weighted by Gasteiger charge is 2.20. The minimum Gasteiger partial charge on any atom is -0.365 e.